The van der Waals surface area contributed by atoms with Gasteiger partial charge in [0.25, 0.3) is 0 Å². The molecule has 1 rings (SSSR count). The molecule has 9 nitrogen and oxygen atoms in total. The Morgan fingerprint density at radius 2 is 1.07 bits per heavy atom. The largest absolute Gasteiger partial charge is 0.459 e. The third-order valence-corrected chi connectivity index (χ3v) is 3.22. The summed E-state index contributed by atoms with van der Waals surface area (Å²) < 4.78 is 19.6. The Kier molecular flexibility index (Phi) is 9.11. The maximum Gasteiger partial charge on any atom is 0.338 e. The molecule has 0 aliphatic heterocycles. The second-order valence-corrected chi connectivity index (χ2v) is 5.95. The lowest BCUT2D eigenvalue weighted by molar-refractivity contribution is -0.140. The van der Waals surface area contributed by atoms with E-state index in [4.69, 9.17) is 24.7 Å². The summed E-state index contributed by atoms with van der Waals surface area (Å²) in [6.07, 6.45) is 0. The first-order chi connectivity index (χ1) is 13.6. The first-order valence-corrected chi connectivity index (χ1v) is 8.52. The van der Waals surface area contributed by atoms with Crippen LogP contribution in [-0.4, -0.2) is 50.3 Å². The van der Waals surface area contributed by atoms with Gasteiger partial charge in [0.1, 0.15) is 26.4 Å². The van der Waals surface area contributed by atoms with E-state index in [1.807, 2.05) is 0 Å². The van der Waals surface area contributed by atoms with Crippen LogP contribution >= 0.6 is 0 Å². The summed E-state index contributed by atoms with van der Waals surface area (Å²) >= 11 is 0. The SMILES string of the molecule is C=C(C)C(=O)OCCOC(=O)c1cc(N)cc(C(=O)OCCOC(=O)C(=C)C)c1. The third-order valence-electron chi connectivity index (χ3n) is 3.22. The van der Waals surface area contributed by atoms with Gasteiger partial charge in [-0.25, -0.2) is 19.2 Å². The molecule has 0 saturated heterocycles. The normalized spacial score (nSPS) is 9.86. The average molecular weight is 405 g/mol. The molecule has 1 aromatic carbocycles. The predicted molar refractivity (Wildman–Crippen MR) is 103 cm³/mol. The van der Waals surface area contributed by atoms with Crippen LogP contribution in [0.25, 0.3) is 0 Å². The number of nitrogens with two attached hydrogens (primary N) is 1. The number of ether oxygens (including phenoxy) is 4. The quantitative estimate of drug-likeness (QED) is 0.203. The smallest absolute Gasteiger partial charge is 0.338 e. The summed E-state index contributed by atoms with van der Waals surface area (Å²) in [6.45, 7) is 9.20. The molecule has 0 amide bonds. The molecule has 0 saturated carbocycles. The standard InChI is InChI=1S/C20H23NO8/c1-12(2)17(22)26-5-7-28-19(24)14-9-15(11-16(21)10-14)20(25)29-8-6-27-18(23)13(3)4/h9-11H,1,3,5-8,21H2,2,4H3. The molecule has 0 heterocycles. The van der Waals surface area contributed by atoms with Crippen LogP contribution in [-0.2, 0) is 28.5 Å². The number of rotatable bonds is 10. The van der Waals surface area contributed by atoms with Crippen molar-refractivity contribution in [3.05, 3.63) is 53.6 Å². The average Bonchev–Trinajstić information content (AvgIpc) is 2.66. The highest BCUT2D eigenvalue weighted by atomic mass is 16.6. The predicted octanol–water partition coefficient (Wildman–Crippen LogP) is 1.82. The second-order valence-electron chi connectivity index (χ2n) is 5.95. The third kappa shape index (κ3) is 8.29. The molecule has 0 aliphatic carbocycles. The zero-order chi connectivity index (χ0) is 22.0. The first kappa shape index (κ1) is 23.4. The van der Waals surface area contributed by atoms with Crippen LogP contribution in [0.15, 0.2) is 42.5 Å². The highest BCUT2D eigenvalue weighted by Crippen LogP contribution is 2.14. The van der Waals surface area contributed by atoms with Crippen molar-refractivity contribution in [1.82, 2.24) is 0 Å². The molecular weight excluding hydrogens is 382 g/mol. The van der Waals surface area contributed by atoms with Gasteiger partial charge in [0.15, 0.2) is 0 Å². The zero-order valence-electron chi connectivity index (χ0n) is 16.3. The lowest BCUT2D eigenvalue weighted by atomic mass is 10.1. The minimum absolute atomic E-state index is 0.0249. The van der Waals surface area contributed by atoms with Crippen molar-refractivity contribution in [2.24, 2.45) is 0 Å². The van der Waals surface area contributed by atoms with Crippen molar-refractivity contribution in [2.45, 2.75) is 13.8 Å². The fraction of sp³-hybridized carbons (Fsp3) is 0.300. The lowest BCUT2D eigenvalue weighted by Crippen LogP contribution is -2.16. The number of carbonyl (C=O) groups excluding carboxylic acids is 4. The molecule has 2 N–H and O–H groups in total. The summed E-state index contributed by atoms with van der Waals surface area (Å²) in [6, 6.07) is 3.90. The fourth-order valence-corrected chi connectivity index (χ4v) is 1.84. The summed E-state index contributed by atoms with van der Waals surface area (Å²) in [5, 5.41) is 0. The Morgan fingerprint density at radius 1 is 0.724 bits per heavy atom. The van der Waals surface area contributed by atoms with Crippen molar-refractivity contribution in [2.75, 3.05) is 32.2 Å². The molecule has 1 aromatic rings. The Balaban J connectivity index is 2.58. The molecule has 29 heavy (non-hydrogen) atoms. The van der Waals surface area contributed by atoms with Crippen LogP contribution in [0.3, 0.4) is 0 Å². The number of hydrogen-bond acceptors (Lipinski definition) is 9. The number of anilines is 1. The van der Waals surface area contributed by atoms with E-state index in [2.05, 4.69) is 13.2 Å². The molecule has 0 unspecified atom stereocenters. The number of esters is 4. The lowest BCUT2D eigenvalue weighted by Gasteiger charge is -2.09. The highest BCUT2D eigenvalue weighted by molar-refractivity contribution is 5.97. The second kappa shape index (κ2) is 11.3. The van der Waals surface area contributed by atoms with E-state index >= 15 is 0 Å². The van der Waals surface area contributed by atoms with E-state index in [1.54, 1.807) is 0 Å². The van der Waals surface area contributed by atoms with Crippen LogP contribution in [0.5, 0.6) is 0 Å². The molecule has 0 aliphatic rings. The minimum atomic E-state index is -0.756. The molecule has 0 fully saturated rings. The Hall–Kier alpha value is -3.62. The molecular formula is C20H23NO8. The molecule has 0 spiro atoms. The Labute approximate surface area is 168 Å². The Bertz CT molecular complexity index is 764. The fourth-order valence-electron chi connectivity index (χ4n) is 1.84. The Morgan fingerprint density at radius 3 is 1.41 bits per heavy atom. The molecule has 0 aromatic heterocycles. The summed E-state index contributed by atoms with van der Waals surface area (Å²) in [4.78, 5) is 46.7. The number of nitrogen functional groups attached to an aromatic ring is 1. The van der Waals surface area contributed by atoms with Gasteiger partial charge >= 0.3 is 23.9 Å². The summed E-state index contributed by atoms with van der Waals surface area (Å²) in [7, 11) is 0. The molecule has 0 radical (unpaired) electrons. The monoisotopic (exact) mass is 405 g/mol. The van der Waals surface area contributed by atoms with Gasteiger partial charge in [-0.3, -0.25) is 0 Å². The maximum absolute atomic E-state index is 12.1. The van der Waals surface area contributed by atoms with Crippen LogP contribution < -0.4 is 5.73 Å². The van der Waals surface area contributed by atoms with Crippen molar-refractivity contribution >= 4 is 29.6 Å². The van der Waals surface area contributed by atoms with Gasteiger partial charge in [0.05, 0.1) is 11.1 Å². The summed E-state index contributed by atoms with van der Waals surface area (Å²) in [5.74, 6) is -2.70. The van der Waals surface area contributed by atoms with Gasteiger partial charge in [-0.1, -0.05) is 13.2 Å². The van der Waals surface area contributed by atoms with Gasteiger partial charge in [0.2, 0.25) is 0 Å². The van der Waals surface area contributed by atoms with Crippen molar-refractivity contribution in [3.8, 4) is 0 Å². The van der Waals surface area contributed by atoms with Gasteiger partial charge in [-0.2, -0.15) is 0 Å². The van der Waals surface area contributed by atoms with E-state index in [-0.39, 0.29) is 54.4 Å². The molecule has 156 valence electrons. The van der Waals surface area contributed by atoms with Crippen LogP contribution in [0.1, 0.15) is 34.6 Å². The van der Waals surface area contributed by atoms with E-state index < -0.39 is 23.9 Å². The molecule has 0 bridgehead atoms. The van der Waals surface area contributed by atoms with Crippen molar-refractivity contribution in [3.63, 3.8) is 0 Å². The maximum atomic E-state index is 12.1. The van der Waals surface area contributed by atoms with Gasteiger partial charge in [-0.15, -0.1) is 0 Å². The van der Waals surface area contributed by atoms with Gasteiger partial charge in [0, 0.05) is 16.8 Å². The summed E-state index contributed by atoms with van der Waals surface area (Å²) in [5.41, 5.74) is 6.37. The van der Waals surface area contributed by atoms with Crippen molar-refractivity contribution < 1.29 is 38.1 Å². The van der Waals surface area contributed by atoms with Crippen LogP contribution in [0, 0.1) is 0 Å². The van der Waals surface area contributed by atoms with E-state index in [0.717, 1.165) is 0 Å². The highest BCUT2D eigenvalue weighted by Gasteiger charge is 2.15. The van der Waals surface area contributed by atoms with Crippen molar-refractivity contribution in [1.29, 1.82) is 0 Å². The van der Waals surface area contributed by atoms with E-state index in [1.165, 1.54) is 32.0 Å². The number of carbonyl (C=O) groups is 4. The number of hydrogen-bond donors (Lipinski definition) is 1. The zero-order valence-corrected chi connectivity index (χ0v) is 16.3. The van der Waals surface area contributed by atoms with Gasteiger partial charge in [-0.05, 0) is 32.0 Å². The van der Waals surface area contributed by atoms with E-state index in [0.29, 0.717) is 0 Å². The first-order valence-electron chi connectivity index (χ1n) is 8.52. The van der Waals surface area contributed by atoms with Crippen LogP contribution in [0.4, 0.5) is 5.69 Å². The molecule has 9 heteroatoms. The van der Waals surface area contributed by atoms with E-state index in [9.17, 15) is 19.2 Å². The van der Waals surface area contributed by atoms with Crippen LogP contribution in [0.2, 0.25) is 0 Å². The van der Waals surface area contributed by atoms with Gasteiger partial charge < -0.3 is 24.7 Å². The molecule has 0 atom stereocenters. The number of benzene rings is 1. The minimum Gasteiger partial charge on any atom is -0.459 e. The topological polar surface area (TPSA) is 131 Å².